The molecule has 0 fully saturated rings. The first-order valence-electron chi connectivity index (χ1n) is 8.73. The van der Waals surface area contributed by atoms with E-state index < -0.39 is 11.7 Å². The zero-order chi connectivity index (χ0) is 21.5. The number of nitrogens with zero attached hydrogens (tertiary/aromatic N) is 3. The number of fused-ring (bicyclic) bond motifs is 1. The predicted molar refractivity (Wildman–Crippen MR) is 111 cm³/mol. The van der Waals surface area contributed by atoms with Crippen LogP contribution >= 0.6 is 34.5 Å². The van der Waals surface area contributed by atoms with E-state index in [4.69, 9.17) is 23.2 Å². The minimum Gasteiger partial charge on any atom is -0.266 e. The summed E-state index contributed by atoms with van der Waals surface area (Å²) in [6.07, 6.45) is -2.50. The number of thiazole rings is 1. The monoisotopic (exact) mass is 469 g/mol. The second-order valence-electron chi connectivity index (χ2n) is 6.46. The average molecular weight is 470 g/mol. The Labute approximate surface area is 182 Å². The minimum atomic E-state index is -4.42. The van der Waals surface area contributed by atoms with Gasteiger partial charge >= 0.3 is 6.18 Å². The largest absolute Gasteiger partial charge is 0.416 e. The van der Waals surface area contributed by atoms with Gasteiger partial charge in [-0.2, -0.15) is 17.7 Å². The topological polar surface area (TPSA) is 47.3 Å². The molecule has 0 saturated heterocycles. The number of aromatic nitrogens is 3. The van der Waals surface area contributed by atoms with Gasteiger partial charge in [0.15, 0.2) is 5.82 Å². The maximum atomic E-state index is 13.1. The second kappa shape index (κ2) is 8.02. The van der Waals surface area contributed by atoms with E-state index in [0.29, 0.717) is 30.9 Å². The fraction of sp³-hybridized carbons (Fsp3) is 0.150. The van der Waals surface area contributed by atoms with Crippen molar-refractivity contribution in [2.24, 2.45) is 0 Å². The van der Waals surface area contributed by atoms with Crippen LogP contribution in [-0.4, -0.2) is 14.6 Å². The maximum absolute atomic E-state index is 13.1. The molecule has 4 nitrogen and oxygen atoms in total. The van der Waals surface area contributed by atoms with Gasteiger partial charge in [0, 0.05) is 16.5 Å². The van der Waals surface area contributed by atoms with Crippen molar-refractivity contribution in [1.29, 1.82) is 0 Å². The molecule has 0 bridgehead atoms. The summed E-state index contributed by atoms with van der Waals surface area (Å²) in [6, 6.07) is 10.3. The van der Waals surface area contributed by atoms with Gasteiger partial charge in [-0.25, -0.2) is 4.98 Å². The molecule has 4 aromatic rings. The molecule has 0 aliphatic carbocycles. The summed E-state index contributed by atoms with van der Waals surface area (Å²) in [4.78, 5) is 17.3. The van der Waals surface area contributed by atoms with Crippen LogP contribution < -0.4 is 10.1 Å². The highest BCUT2D eigenvalue weighted by Crippen LogP contribution is 2.32. The lowest BCUT2D eigenvalue weighted by Crippen LogP contribution is -2.23. The van der Waals surface area contributed by atoms with Gasteiger partial charge in [0.2, 0.25) is 4.96 Å². The quantitative estimate of drug-likeness (QED) is 0.430. The Morgan fingerprint density at radius 2 is 1.87 bits per heavy atom. The molecule has 0 atom stereocenters. The fourth-order valence-electron chi connectivity index (χ4n) is 3.00. The number of benzene rings is 2. The summed E-state index contributed by atoms with van der Waals surface area (Å²) in [5.74, 6) is 0.311. The molecule has 4 rings (SSSR count). The number of hydrogen-bond donors (Lipinski definition) is 0. The molecule has 2 aromatic carbocycles. The molecular weight excluding hydrogens is 458 g/mol. The third kappa shape index (κ3) is 4.21. The van der Waals surface area contributed by atoms with E-state index in [0.717, 1.165) is 21.9 Å². The van der Waals surface area contributed by atoms with Crippen molar-refractivity contribution in [1.82, 2.24) is 14.6 Å². The van der Waals surface area contributed by atoms with Crippen LogP contribution in [0.4, 0.5) is 13.2 Å². The van der Waals surface area contributed by atoms with E-state index in [1.54, 1.807) is 30.3 Å². The highest BCUT2D eigenvalue weighted by molar-refractivity contribution is 7.15. The summed E-state index contributed by atoms with van der Waals surface area (Å²) < 4.78 is 40.9. The molecule has 154 valence electrons. The van der Waals surface area contributed by atoms with Crippen molar-refractivity contribution in [3.63, 3.8) is 0 Å². The van der Waals surface area contributed by atoms with Crippen molar-refractivity contribution in [2.45, 2.75) is 19.0 Å². The summed E-state index contributed by atoms with van der Waals surface area (Å²) in [5.41, 5.74) is -0.244. The van der Waals surface area contributed by atoms with Crippen LogP contribution in [0, 0.1) is 0 Å². The summed E-state index contributed by atoms with van der Waals surface area (Å²) in [5, 5.41) is 5.06. The van der Waals surface area contributed by atoms with Crippen LogP contribution in [0.25, 0.3) is 11.0 Å². The number of hydrogen-bond acceptors (Lipinski definition) is 4. The predicted octanol–water partition coefficient (Wildman–Crippen LogP) is 4.81. The van der Waals surface area contributed by atoms with Gasteiger partial charge < -0.3 is 0 Å². The van der Waals surface area contributed by atoms with Gasteiger partial charge in [-0.3, -0.25) is 4.79 Å². The van der Waals surface area contributed by atoms with Crippen molar-refractivity contribution >= 4 is 45.6 Å². The summed E-state index contributed by atoms with van der Waals surface area (Å²) in [7, 11) is 0. The van der Waals surface area contributed by atoms with E-state index in [2.05, 4.69) is 10.1 Å². The van der Waals surface area contributed by atoms with Crippen molar-refractivity contribution in [3.8, 4) is 0 Å². The second-order valence-corrected chi connectivity index (χ2v) is 8.31. The smallest absolute Gasteiger partial charge is 0.266 e. The Kier molecular flexibility index (Phi) is 5.57. The van der Waals surface area contributed by atoms with E-state index in [1.807, 2.05) is 0 Å². The first-order chi connectivity index (χ1) is 14.2. The Balaban J connectivity index is 1.61. The molecule has 0 N–H and O–H groups in total. The summed E-state index contributed by atoms with van der Waals surface area (Å²) >= 11 is 13.2. The van der Waals surface area contributed by atoms with Crippen LogP contribution in [0.15, 0.2) is 47.3 Å². The van der Waals surface area contributed by atoms with Gasteiger partial charge in [-0.05, 0) is 41.8 Å². The molecule has 0 amide bonds. The van der Waals surface area contributed by atoms with Crippen LogP contribution in [0.1, 0.15) is 22.5 Å². The Bertz CT molecular complexity index is 1350. The van der Waals surface area contributed by atoms with Crippen molar-refractivity contribution < 1.29 is 13.2 Å². The third-order valence-electron chi connectivity index (χ3n) is 4.42. The number of alkyl halides is 3. The lowest BCUT2D eigenvalue weighted by Gasteiger charge is -2.11. The van der Waals surface area contributed by atoms with Gasteiger partial charge in [-0.15, -0.1) is 5.10 Å². The summed E-state index contributed by atoms with van der Waals surface area (Å²) in [6.45, 7) is 0. The molecular formula is C20H12Cl2F3N3OS. The maximum Gasteiger partial charge on any atom is 0.416 e. The first-order valence-corrected chi connectivity index (χ1v) is 10.3. The van der Waals surface area contributed by atoms with Gasteiger partial charge in [0.1, 0.15) is 0 Å². The number of aryl methyl sites for hydroxylation is 2. The number of halogens is 5. The lowest BCUT2D eigenvalue weighted by molar-refractivity contribution is -0.138. The molecule has 30 heavy (non-hydrogen) atoms. The molecule has 0 aliphatic rings. The van der Waals surface area contributed by atoms with Crippen LogP contribution in [-0.2, 0) is 19.0 Å². The first kappa shape index (κ1) is 20.8. The average Bonchev–Trinajstić information content (AvgIpc) is 3.21. The SMILES string of the molecule is O=c1/c(=C/c2ccc(Cl)cc2Cl)sc2nc(CCc3ccccc3C(F)(F)F)nn12. The Morgan fingerprint density at radius 3 is 2.57 bits per heavy atom. The molecule has 10 heteroatoms. The molecule has 2 heterocycles. The number of rotatable bonds is 4. The minimum absolute atomic E-state index is 0.112. The Hall–Kier alpha value is -2.42. The van der Waals surface area contributed by atoms with E-state index in [1.165, 1.54) is 12.1 Å². The van der Waals surface area contributed by atoms with Crippen molar-refractivity contribution in [2.75, 3.05) is 0 Å². The molecule has 0 aliphatic heterocycles. The highest BCUT2D eigenvalue weighted by Gasteiger charge is 2.32. The fourth-order valence-corrected chi connectivity index (χ4v) is 4.38. The van der Waals surface area contributed by atoms with Crippen LogP contribution in [0.2, 0.25) is 10.0 Å². The lowest BCUT2D eigenvalue weighted by atomic mass is 10.0. The Morgan fingerprint density at radius 1 is 1.10 bits per heavy atom. The molecule has 2 aromatic heterocycles. The van der Waals surface area contributed by atoms with Gasteiger partial charge in [0.05, 0.1) is 10.1 Å². The molecule has 0 radical (unpaired) electrons. The van der Waals surface area contributed by atoms with E-state index in [9.17, 15) is 18.0 Å². The zero-order valence-electron chi connectivity index (χ0n) is 15.1. The zero-order valence-corrected chi connectivity index (χ0v) is 17.4. The van der Waals surface area contributed by atoms with E-state index in [-0.39, 0.29) is 24.0 Å². The van der Waals surface area contributed by atoms with Crippen LogP contribution in [0.3, 0.4) is 0 Å². The van der Waals surface area contributed by atoms with Gasteiger partial charge in [0.25, 0.3) is 5.56 Å². The third-order valence-corrected chi connectivity index (χ3v) is 5.94. The van der Waals surface area contributed by atoms with Crippen molar-refractivity contribution in [3.05, 3.63) is 89.9 Å². The highest BCUT2D eigenvalue weighted by atomic mass is 35.5. The standard InChI is InChI=1S/C20H12Cl2F3N3OS/c21-13-7-5-12(15(22)10-13)9-16-18(29)28-19(30-16)26-17(27-28)8-6-11-3-1-2-4-14(11)20(23,24)25/h1-5,7,9-10H,6,8H2/b16-9-. The van der Waals surface area contributed by atoms with Gasteiger partial charge in [-0.1, -0.05) is 58.8 Å². The normalized spacial score (nSPS) is 12.8. The molecule has 0 unspecified atom stereocenters. The molecule has 0 spiro atoms. The molecule has 0 saturated carbocycles. The van der Waals surface area contributed by atoms with E-state index >= 15 is 0 Å². The van der Waals surface area contributed by atoms with Crippen LogP contribution in [0.5, 0.6) is 0 Å².